The standard InChI is InChI=1S/C41H43N9O3/c51-39-12-17-50(41(53)46-39)38-25-42-24-33-31(38)2-1-3-37(33)49-20-18-47(19-21-49)26-27-10-15-48(16-11-27)30-6-4-28(5-7-30)35-22-29(8-13-43-35)36-23-32-34(45-36)9-14-44-40(32)52/h1-8,13,22-25,27,45H,9-12,14-21,26H2,(H,44,52)(H,46,51,53). The average Bonchev–Trinajstić information content (AvgIpc) is 3.65. The lowest BCUT2D eigenvalue weighted by molar-refractivity contribution is -0.120. The molecular formula is C41H43N9O3. The lowest BCUT2D eigenvalue weighted by atomic mass is 9.95. The number of carbonyl (C=O) groups excluding carboxylic acids is 3. The molecule has 0 atom stereocenters. The van der Waals surface area contributed by atoms with Crippen LogP contribution in [0.25, 0.3) is 33.3 Å². The topological polar surface area (TPSA) is 130 Å². The largest absolute Gasteiger partial charge is 0.372 e. The maximum Gasteiger partial charge on any atom is 0.328 e. The molecule has 12 nitrogen and oxygen atoms in total. The van der Waals surface area contributed by atoms with Crippen LogP contribution in [-0.4, -0.2) is 96.6 Å². The minimum absolute atomic E-state index is 0.0130. The number of amides is 4. The number of fused-ring (bicyclic) bond motifs is 2. The molecule has 4 amide bonds. The number of aromatic amines is 1. The van der Waals surface area contributed by atoms with Gasteiger partial charge in [0.05, 0.1) is 23.1 Å². The molecule has 2 aromatic carbocycles. The summed E-state index contributed by atoms with van der Waals surface area (Å²) in [5.41, 5.74) is 8.82. The molecule has 4 aliphatic rings. The number of hydrogen-bond acceptors (Lipinski definition) is 8. The van der Waals surface area contributed by atoms with Gasteiger partial charge in [-0.2, -0.15) is 0 Å². The first-order chi connectivity index (χ1) is 26.0. The van der Waals surface area contributed by atoms with Crippen molar-refractivity contribution in [3.63, 3.8) is 0 Å². The van der Waals surface area contributed by atoms with Crippen LogP contribution >= 0.6 is 0 Å². The molecule has 3 aromatic heterocycles. The van der Waals surface area contributed by atoms with E-state index in [0.29, 0.717) is 19.0 Å². The summed E-state index contributed by atoms with van der Waals surface area (Å²) in [7, 11) is 0. The molecule has 270 valence electrons. The fourth-order valence-electron chi connectivity index (χ4n) is 8.41. The predicted octanol–water partition coefficient (Wildman–Crippen LogP) is 5.06. The number of anilines is 3. The van der Waals surface area contributed by atoms with E-state index in [1.54, 1.807) is 11.1 Å². The average molecular weight is 710 g/mol. The first-order valence-electron chi connectivity index (χ1n) is 18.7. The van der Waals surface area contributed by atoms with Gasteiger partial charge in [0.15, 0.2) is 0 Å². The van der Waals surface area contributed by atoms with Crippen molar-refractivity contribution in [3.05, 3.63) is 90.5 Å². The van der Waals surface area contributed by atoms with Gasteiger partial charge in [-0.3, -0.25) is 34.7 Å². The van der Waals surface area contributed by atoms with Crippen molar-refractivity contribution in [3.8, 4) is 22.5 Å². The summed E-state index contributed by atoms with van der Waals surface area (Å²) in [6.07, 6.45) is 8.90. The van der Waals surface area contributed by atoms with Gasteiger partial charge in [-0.05, 0) is 55.2 Å². The molecule has 9 rings (SSSR count). The molecule has 5 aromatic rings. The summed E-state index contributed by atoms with van der Waals surface area (Å²) >= 11 is 0. The monoisotopic (exact) mass is 709 g/mol. The van der Waals surface area contributed by atoms with Gasteiger partial charge in [0.25, 0.3) is 5.91 Å². The van der Waals surface area contributed by atoms with E-state index in [-0.39, 0.29) is 24.3 Å². The molecule has 53 heavy (non-hydrogen) atoms. The first kappa shape index (κ1) is 33.1. The molecule has 0 spiro atoms. The van der Waals surface area contributed by atoms with Gasteiger partial charge in [0, 0.05) is 129 Å². The van der Waals surface area contributed by atoms with E-state index in [1.165, 1.54) is 18.5 Å². The van der Waals surface area contributed by atoms with Crippen LogP contribution in [-0.2, 0) is 11.2 Å². The summed E-state index contributed by atoms with van der Waals surface area (Å²) in [5.74, 6) is 0.429. The number of nitrogens with zero attached hydrogens (tertiary/aromatic N) is 6. The molecule has 0 aliphatic carbocycles. The zero-order chi connectivity index (χ0) is 35.9. The second-order valence-electron chi connectivity index (χ2n) is 14.6. The summed E-state index contributed by atoms with van der Waals surface area (Å²) in [5, 5.41) is 7.35. The highest BCUT2D eigenvalue weighted by Crippen LogP contribution is 2.34. The van der Waals surface area contributed by atoms with E-state index >= 15 is 0 Å². The highest BCUT2D eigenvalue weighted by atomic mass is 16.2. The van der Waals surface area contributed by atoms with Crippen LogP contribution in [0.1, 0.15) is 35.3 Å². The van der Waals surface area contributed by atoms with E-state index in [9.17, 15) is 14.4 Å². The van der Waals surface area contributed by atoms with Crippen molar-refractivity contribution in [2.75, 3.05) is 73.6 Å². The van der Waals surface area contributed by atoms with Crippen molar-refractivity contribution in [2.24, 2.45) is 5.92 Å². The van der Waals surface area contributed by atoms with Gasteiger partial charge >= 0.3 is 6.03 Å². The number of carbonyl (C=O) groups is 3. The van der Waals surface area contributed by atoms with Crippen LogP contribution in [0.3, 0.4) is 0 Å². The number of pyridine rings is 2. The quantitative estimate of drug-likeness (QED) is 0.214. The maximum atomic E-state index is 12.6. The lowest BCUT2D eigenvalue weighted by Gasteiger charge is -2.40. The number of H-pyrrole nitrogens is 1. The van der Waals surface area contributed by atoms with Crippen LogP contribution in [0.2, 0.25) is 0 Å². The molecule has 12 heteroatoms. The van der Waals surface area contributed by atoms with Gasteiger partial charge in [-0.15, -0.1) is 0 Å². The number of urea groups is 1. The molecule has 4 aliphatic heterocycles. The van der Waals surface area contributed by atoms with Crippen LogP contribution in [0, 0.1) is 5.92 Å². The highest BCUT2D eigenvalue weighted by molar-refractivity contribution is 6.11. The zero-order valence-corrected chi connectivity index (χ0v) is 29.7. The van der Waals surface area contributed by atoms with Crippen molar-refractivity contribution in [1.82, 2.24) is 30.5 Å². The van der Waals surface area contributed by atoms with Crippen molar-refractivity contribution >= 4 is 45.7 Å². The van der Waals surface area contributed by atoms with E-state index in [4.69, 9.17) is 0 Å². The van der Waals surface area contributed by atoms with Crippen LogP contribution < -0.4 is 25.3 Å². The Hall–Kier alpha value is -5.75. The highest BCUT2D eigenvalue weighted by Gasteiger charge is 2.28. The second-order valence-corrected chi connectivity index (χ2v) is 14.6. The number of benzene rings is 2. The molecular weight excluding hydrogens is 667 g/mol. The van der Waals surface area contributed by atoms with Crippen LogP contribution in [0.15, 0.2) is 79.3 Å². The fourth-order valence-corrected chi connectivity index (χ4v) is 8.41. The van der Waals surface area contributed by atoms with Crippen molar-refractivity contribution < 1.29 is 14.4 Å². The number of nitrogens with one attached hydrogen (secondary N) is 3. The van der Waals surface area contributed by atoms with Crippen LogP contribution in [0.5, 0.6) is 0 Å². The van der Waals surface area contributed by atoms with E-state index in [1.807, 2.05) is 30.6 Å². The Morgan fingerprint density at radius 3 is 2.38 bits per heavy atom. The summed E-state index contributed by atoms with van der Waals surface area (Å²) in [6.45, 7) is 8.16. The van der Waals surface area contributed by atoms with E-state index in [0.717, 1.165) is 108 Å². The van der Waals surface area contributed by atoms with Crippen molar-refractivity contribution in [1.29, 1.82) is 0 Å². The molecule has 0 unspecified atom stereocenters. The predicted molar refractivity (Wildman–Crippen MR) is 206 cm³/mol. The lowest BCUT2D eigenvalue weighted by Crippen LogP contribution is -2.49. The fraction of sp³-hybridized carbons (Fsp3) is 0.341. The Kier molecular flexibility index (Phi) is 8.75. The second kappa shape index (κ2) is 14.0. The molecule has 0 bridgehead atoms. The van der Waals surface area contributed by atoms with Gasteiger partial charge in [0.1, 0.15) is 0 Å². The molecule has 3 N–H and O–H groups in total. The van der Waals surface area contributed by atoms with Gasteiger partial charge in [-0.25, -0.2) is 4.79 Å². The van der Waals surface area contributed by atoms with Gasteiger partial charge in [-0.1, -0.05) is 24.3 Å². The van der Waals surface area contributed by atoms with Crippen LogP contribution in [0.4, 0.5) is 21.9 Å². The number of piperazine rings is 1. The number of aromatic nitrogens is 3. The van der Waals surface area contributed by atoms with E-state index < -0.39 is 0 Å². The summed E-state index contributed by atoms with van der Waals surface area (Å²) < 4.78 is 0. The third-order valence-electron chi connectivity index (χ3n) is 11.4. The third-order valence-corrected chi connectivity index (χ3v) is 11.4. The summed E-state index contributed by atoms with van der Waals surface area (Å²) in [6, 6.07) is 20.6. The molecule has 0 saturated carbocycles. The molecule has 7 heterocycles. The number of rotatable bonds is 7. The first-order valence-corrected chi connectivity index (χ1v) is 18.7. The Bertz CT molecular complexity index is 2180. The molecule has 3 saturated heterocycles. The normalized spacial score (nSPS) is 18.6. The van der Waals surface area contributed by atoms with Crippen molar-refractivity contribution in [2.45, 2.75) is 25.7 Å². The van der Waals surface area contributed by atoms with Gasteiger partial charge in [0.2, 0.25) is 5.91 Å². The molecule has 0 radical (unpaired) electrons. The Balaban J connectivity index is 0.784. The minimum atomic E-state index is -0.390. The SMILES string of the molecule is O=C1CCN(c2cncc3c(N4CCN(CC5CCN(c6ccc(-c7cc(-c8cc9c([nH]8)CCNC9=O)ccn7)cc6)CC5)CC4)cccc23)C(=O)N1. The molecule has 3 fully saturated rings. The third kappa shape index (κ3) is 6.59. The van der Waals surface area contributed by atoms with E-state index in [2.05, 4.69) is 82.7 Å². The minimum Gasteiger partial charge on any atom is -0.372 e. The number of piperidine rings is 1. The Morgan fingerprint density at radius 1 is 0.755 bits per heavy atom. The van der Waals surface area contributed by atoms with Gasteiger partial charge < -0.3 is 20.1 Å². The smallest absolute Gasteiger partial charge is 0.328 e. The number of hydrogen-bond donors (Lipinski definition) is 3. The Morgan fingerprint density at radius 2 is 1.58 bits per heavy atom. The summed E-state index contributed by atoms with van der Waals surface area (Å²) in [4.78, 5) is 58.4. The zero-order valence-electron chi connectivity index (χ0n) is 29.7. The number of imide groups is 1. The Labute approximate surface area is 308 Å². The maximum absolute atomic E-state index is 12.6.